The van der Waals surface area contributed by atoms with Gasteiger partial charge in [-0.3, -0.25) is 14.9 Å². The first-order valence-electron chi connectivity index (χ1n) is 4.04. The Morgan fingerprint density at radius 1 is 1.60 bits per heavy atom. The van der Waals surface area contributed by atoms with Gasteiger partial charge < -0.3 is 15.1 Å². The van der Waals surface area contributed by atoms with Gasteiger partial charge in [0.15, 0.2) is 0 Å². The summed E-state index contributed by atoms with van der Waals surface area (Å²) in [4.78, 5) is 20.1. The summed E-state index contributed by atoms with van der Waals surface area (Å²) in [5.41, 5.74) is 4.17. The lowest BCUT2D eigenvalue weighted by atomic mass is 10.4. The fourth-order valence-electron chi connectivity index (χ4n) is 0.861. The third-order valence-electron chi connectivity index (χ3n) is 1.30. The molecule has 0 saturated heterocycles. The molecular formula is C8H13N3O4. The number of nitrogens with two attached hydrogens (primary N) is 1. The number of hydrogen-bond donors (Lipinski definition) is 1. The van der Waals surface area contributed by atoms with Crippen LogP contribution in [0.2, 0.25) is 0 Å². The molecule has 7 heteroatoms. The SMILES string of the molecule is CN(C)Cc1ccc([N+](=O)[O-])o1.NC=O. The van der Waals surface area contributed by atoms with Gasteiger partial charge in [0.2, 0.25) is 6.41 Å². The van der Waals surface area contributed by atoms with E-state index in [1.165, 1.54) is 6.07 Å². The quantitative estimate of drug-likeness (QED) is 0.445. The van der Waals surface area contributed by atoms with Gasteiger partial charge >= 0.3 is 5.88 Å². The molecule has 1 amide bonds. The van der Waals surface area contributed by atoms with E-state index >= 15 is 0 Å². The zero-order chi connectivity index (χ0) is 11.8. The van der Waals surface area contributed by atoms with Crippen molar-refractivity contribution in [2.24, 2.45) is 5.73 Å². The monoisotopic (exact) mass is 215 g/mol. The van der Waals surface area contributed by atoms with Crippen molar-refractivity contribution >= 4 is 12.3 Å². The van der Waals surface area contributed by atoms with Crippen molar-refractivity contribution in [2.75, 3.05) is 14.1 Å². The van der Waals surface area contributed by atoms with E-state index < -0.39 is 4.92 Å². The molecule has 0 aliphatic carbocycles. The smallest absolute Gasteiger partial charge is 0.404 e. The van der Waals surface area contributed by atoms with Crippen LogP contribution in [0, 0.1) is 10.1 Å². The van der Waals surface area contributed by atoms with Crippen LogP contribution in [0.5, 0.6) is 0 Å². The van der Waals surface area contributed by atoms with E-state index in [2.05, 4.69) is 5.73 Å². The lowest BCUT2D eigenvalue weighted by Crippen LogP contribution is -2.09. The van der Waals surface area contributed by atoms with Crippen LogP contribution in [0.3, 0.4) is 0 Å². The van der Waals surface area contributed by atoms with Crippen molar-refractivity contribution in [1.82, 2.24) is 4.90 Å². The highest BCUT2D eigenvalue weighted by molar-refractivity contribution is 5.42. The molecule has 0 saturated carbocycles. The van der Waals surface area contributed by atoms with Gasteiger partial charge in [0, 0.05) is 0 Å². The molecule has 0 atom stereocenters. The molecule has 2 N–H and O–H groups in total. The first-order chi connectivity index (χ1) is 7.01. The van der Waals surface area contributed by atoms with E-state index in [9.17, 15) is 10.1 Å². The molecule has 0 aromatic carbocycles. The average Bonchev–Trinajstić information content (AvgIpc) is 2.52. The fraction of sp³-hybridized carbons (Fsp3) is 0.375. The van der Waals surface area contributed by atoms with Crippen LogP contribution in [0.25, 0.3) is 0 Å². The number of primary amides is 1. The van der Waals surface area contributed by atoms with Gasteiger partial charge in [-0.15, -0.1) is 0 Å². The van der Waals surface area contributed by atoms with Crippen molar-refractivity contribution in [2.45, 2.75) is 6.54 Å². The van der Waals surface area contributed by atoms with Gasteiger partial charge in [-0.25, -0.2) is 0 Å². The Hall–Kier alpha value is -1.89. The molecule has 7 nitrogen and oxygen atoms in total. The minimum Gasteiger partial charge on any atom is -0.404 e. The summed E-state index contributed by atoms with van der Waals surface area (Å²) in [6.07, 6.45) is 0.250. The number of nitro groups is 1. The van der Waals surface area contributed by atoms with Crippen molar-refractivity contribution in [3.63, 3.8) is 0 Å². The number of amides is 1. The highest BCUT2D eigenvalue weighted by atomic mass is 16.6. The van der Waals surface area contributed by atoms with Gasteiger partial charge in [-0.1, -0.05) is 0 Å². The largest absolute Gasteiger partial charge is 0.433 e. The summed E-state index contributed by atoms with van der Waals surface area (Å²) in [6, 6.07) is 2.97. The fourth-order valence-corrected chi connectivity index (χ4v) is 0.861. The second kappa shape index (κ2) is 6.55. The minimum atomic E-state index is -0.542. The normalized spacial score (nSPS) is 9.27. The van der Waals surface area contributed by atoms with E-state index in [-0.39, 0.29) is 12.3 Å². The van der Waals surface area contributed by atoms with E-state index in [1.54, 1.807) is 6.07 Å². The van der Waals surface area contributed by atoms with Crippen LogP contribution in [-0.4, -0.2) is 30.3 Å². The van der Waals surface area contributed by atoms with Crippen LogP contribution in [0.1, 0.15) is 5.76 Å². The Bertz CT molecular complexity index is 321. The highest BCUT2D eigenvalue weighted by Gasteiger charge is 2.11. The van der Waals surface area contributed by atoms with Crippen LogP contribution < -0.4 is 5.73 Å². The second-order valence-corrected chi connectivity index (χ2v) is 2.87. The minimum absolute atomic E-state index is 0.202. The molecule has 0 unspecified atom stereocenters. The molecule has 0 aliphatic rings. The highest BCUT2D eigenvalue weighted by Crippen LogP contribution is 2.15. The predicted molar refractivity (Wildman–Crippen MR) is 53.0 cm³/mol. The molecule has 1 rings (SSSR count). The maximum Gasteiger partial charge on any atom is 0.433 e. The summed E-state index contributed by atoms with van der Waals surface area (Å²) >= 11 is 0. The van der Waals surface area contributed by atoms with E-state index in [4.69, 9.17) is 9.21 Å². The standard InChI is InChI=1S/C7H10N2O3.CH3NO/c1-8(2)5-6-3-4-7(12-6)9(10)11;2-1-3/h3-4H,5H2,1-2H3;1H,(H2,2,3). The molecule has 0 spiro atoms. The average molecular weight is 215 g/mol. The number of carbonyl (C=O) groups excluding carboxylic acids is 1. The lowest BCUT2D eigenvalue weighted by molar-refractivity contribution is -0.402. The van der Waals surface area contributed by atoms with Gasteiger partial charge in [0.1, 0.15) is 10.7 Å². The molecular weight excluding hydrogens is 202 g/mol. The summed E-state index contributed by atoms with van der Waals surface area (Å²) in [5, 5.41) is 10.2. The first kappa shape index (κ1) is 13.1. The van der Waals surface area contributed by atoms with Gasteiger partial charge in [-0.2, -0.15) is 0 Å². The Labute approximate surface area is 86.6 Å². The maximum absolute atomic E-state index is 10.2. The number of hydrogen-bond acceptors (Lipinski definition) is 5. The summed E-state index contributed by atoms with van der Waals surface area (Å²) < 4.78 is 4.92. The van der Waals surface area contributed by atoms with Crippen LogP contribution >= 0.6 is 0 Å². The first-order valence-corrected chi connectivity index (χ1v) is 4.04. The summed E-state index contributed by atoms with van der Waals surface area (Å²) in [5.74, 6) is 0.401. The number of rotatable bonds is 3. The Morgan fingerprint density at radius 2 is 2.13 bits per heavy atom. The van der Waals surface area contributed by atoms with Crippen molar-refractivity contribution in [3.05, 3.63) is 28.0 Å². The Morgan fingerprint density at radius 3 is 2.47 bits per heavy atom. The van der Waals surface area contributed by atoms with Crippen molar-refractivity contribution in [3.8, 4) is 0 Å². The van der Waals surface area contributed by atoms with Gasteiger partial charge in [0.05, 0.1) is 12.6 Å². The molecule has 1 heterocycles. The van der Waals surface area contributed by atoms with E-state index in [1.807, 2.05) is 19.0 Å². The van der Waals surface area contributed by atoms with Crippen LogP contribution in [0.4, 0.5) is 5.88 Å². The second-order valence-electron chi connectivity index (χ2n) is 2.87. The topological polar surface area (TPSA) is 103 Å². The maximum atomic E-state index is 10.2. The number of furan rings is 1. The van der Waals surface area contributed by atoms with Gasteiger partial charge in [0.25, 0.3) is 0 Å². The molecule has 0 bridgehead atoms. The molecule has 1 aromatic heterocycles. The molecule has 15 heavy (non-hydrogen) atoms. The van der Waals surface area contributed by atoms with Crippen molar-refractivity contribution in [1.29, 1.82) is 0 Å². The molecule has 1 aromatic rings. The van der Waals surface area contributed by atoms with Crippen LogP contribution in [-0.2, 0) is 11.3 Å². The lowest BCUT2D eigenvalue weighted by Gasteiger charge is -2.04. The van der Waals surface area contributed by atoms with Crippen LogP contribution in [0.15, 0.2) is 16.5 Å². The zero-order valence-electron chi connectivity index (χ0n) is 8.54. The van der Waals surface area contributed by atoms with E-state index in [0.29, 0.717) is 12.3 Å². The molecule has 0 fully saturated rings. The summed E-state index contributed by atoms with van der Waals surface area (Å²) in [6.45, 7) is 0.577. The van der Waals surface area contributed by atoms with Gasteiger partial charge in [-0.05, 0) is 20.2 Å². The Kier molecular flexibility index (Phi) is 5.72. The van der Waals surface area contributed by atoms with E-state index in [0.717, 1.165) is 0 Å². The molecule has 0 aliphatic heterocycles. The number of carbonyl (C=O) groups is 1. The zero-order valence-corrected chi connectivity index (χ0v) is 8.54. The molecule has 0 radical (unpaired) electrons. The van der Waals surface area contributed by atoms with Crippen molar-refractivity contribution < 1.29 is 14.1 Å². The third-order valence-corrected chi connectivity index (χ3v) is 1.30. The third kappa shape index (κ3) is 5.42. The predicted octanol–water partition coefficient (Wildman–Crippen LogP) is 0.351. The number of nitrogens with zero attached hydrogens (tertiary/aromatic N) is 2. The Balaban J connectivity index is 0.000000583. The molecule has 84 valence electrons. The summed E-state index contributed by atoms with van der Waals surface area (Å²) in [7, 11) is 3.74.